The summed E-state index contributed by atoms with van der Waals surface area (Å²) in [4.78, 5) is 45.7. The largest absolute Gasteiger partial charge is 0.394 e. The number of fused-ring (bicyclic) bond motifs is 1. The topological polar surface area (TPSA) is 111 Å². The Bertz CT molecular complexity index is 1270. The van der Waals surface area contributed by atoms with Gasteiger partial charge in [-0.1, -0.05) is 37.3 Å². The number of ether oxygens (including phenoxy) is 1. The summed E-state index contributed by atoms with van der Waals surface area (Å²) in [5.41, 5.74) is 0.675. The highest BCUT2D eigenvalue weighted by Crippen LogP contribution is 2.64. The number of nitrogens with zero attached hydrogens (tertiary/aromatic N) is 2. The number of rotatable bonds is 11. The van der Waals surface area contributed by atoms with E-state index in [2.05, 4.69) is 29.4 Å². The second kappa shape index (κ2) is 11.4. The minimum atomic E-state index is -1.14. The summed E-state index contributed by atoms with van der Waals surface area (Å²) in [6, 6.07) is 15.7. The molecule has 2 unspecified atom stereocenters. The van der Waals surface area contributed by atoms with Crippen LogP contribution in [0.4, 0.5) is 11.4 Å². The first-order valence-electron chi connectivity index (χ1n) is 14.9. The van der Waals surface area contributed by atoms with E-state index in [1.165, 1.54) is 4.90 Å². The Balaban J connectivity index is 1.45. The number of amides is 3. The normalized spacial score (nSPS) is 28.9. The van der Waals surface area contributed by atoms with Crippen LogP contribution in [0.3, 0.4) is 0 Å². The van der Waals surface area contributed by atoms with Crippen LogP contribution in [-0.2, 0) is 25.7 Å². The molecule has 9 heteroatoms. The zero-order chi connectivity index (χ0) is 29.4. The van der Waals surface area contributed by atoms with Gasteiger partial charge in [-0.2, -0.15) is 0 Å². The monoisotopic (exact) mass is 562 g/mol. The van der Waals surface area contributed by atoms with Gasteiger partial charge in [-0.05, 0) is 69.9 Å². The Labute approximate surface area is 242 Å². The number of carbonyl (C=O) groups is 3. The summed E-state index contributed by atoms with van der Waals surface area (Å²) < 4.78 is 6.78. The second-order valence-electron chi connectivity index (χ2n) is 11.5. The van der Waals surface area contributed by atoms with Crippen LogP contribution in [0.25, 0.3) is 0 Å². The highest BCUT2D eigenvalue weighted by atomic mass is 16.5. The molecule has 6 atom stereocenters. The van der Waals surface area contributed by atoms with Crippen molar-refractivity contribution < 1.29 is 24.2 Å². The summed E-state index contributed by atoms with van der Waals surface area (Å²) in [6.45, 7) is 9.68. The molecule has 0 radical (unpaired) electrons. The zero-order valence-corrected chi connectivity index (χ0v) is 24.4. The first-order valence-corrected chi connectivity index (χ1v) is 14.9. The van der Waals surface area contributed by atoms with Gasteiger partial charge in [-0.25, -0.2) is 0 Å². The van der Waals surface area contributed by atoms with Crippen molar-refractivity contribution in [2.75, 3.05) is 29.9 Å². The van der Waals surface area contributed by atoms with Crippen LogP contribution in [0.5, 0.6) is 0 Å². The molecule has 2 aromatic rings. The predicted octanol–water partition coefficient (Wildman–Crippen LogP) is 3.32. The summed E-state index contributed by atoms with van der Waals surface area (Å²) >= 11 is 0. The maximum atomic E-state index is 14.1. The lowest BCUT2D eigenvalue weighted by Gasteiger charge is -2.36. The number of nitrogens with one attached hydrogen (secondary N) is 2. The Hall–Kier alpha value is -3.43. The van der Waals surface area contributed by atoms with Gasteiger partial charge in [0.15, 0.2) is 0 Å². The highest BCUT2D eigenvalue weighted by molar-refractivity contribution is 6.04. The van der Waals surface area contributed by atoms with Gasteiger partial charge < -0.3 is 30.3 Å². The molecule has 3 fully saturated rings. The van der Waals surface area contributed by atoms with Crippen LogP contribution < -0.4 is 15.5 Å². The molecule has 0 aliphatic carbocycles. The van der Waals surface area contributed by atoms with Crippen LogP contribution >= 0.6 is 0 Å². The van der Waals surface area contributed by atoms with Crippen molar-refractivity contribution in [3.63, 3.8) is 0 Å². The molecule has 3 amide bonds. The molecular weight excluding hydrogens is 520 g/mol. The van der Waals surface area contributed by atoms with Crippen LogP contribution in [0, 0.1) is 11.8 Å². The van der Waals surface area contributed by atoms with Crippen molar-refractivity contribution >= 4 is 29.1 Å². The first kappa shape index (κ1) is 29.1. The molecule has 0 aromatic heterocycles. The Kier molecular flexibility index (Phi) is 8.12. The van der Waals surface area contributed by atoms with Gasteiger partial charge in [0.05, 0.1) is 30.1 Å². The highest BCUT2D eigenvalue weighted by Gasteiger charge is 2.78. The summed E-state index contributed by atoms with van der Waals surface area (Å²) in [5, 5.41) is 16.1. The molecule has 3 aliphatic heterocycles. The molecule has 41 heavy (non-hydrogen) atoms. The second-order valence-corrected chi connectivity index (χ2v) is 11.5. The van der Waals surface area contributed by atoms with Crippen LogP contribution in [-0.4, -0.2) is 70.7 Å². The summed E-state index contributed by atoms with van der Waals surface area (Å²) in [7, 11) is 0. The van der Waals surface area contributed by atoms with Crippen LogP contribution in [0.15, 0.2) is 54.6 Å². The molecule has 220 valence electrons. The molecular formula is C32H42N4O5. The van der Waals surface area contributed by atoms with Crippen LogP contribution in [0.2, 0.25) is 0 Å². The lowest BCUT2D eigenvalue weighted by Crippen LogP contribution is -2.55. The molecule has 2 bridgehead atoms. The molecule has 9 nitrogen and oxygen atoms in total. The third kappa shape index (κ3) is 4.78. The van der Waals surface area contributed by atoms with Crippen molar-refractivity contribution in [3.8, 4) is 0 Å². The van der Waals surface area contributed by atoms with Gasteiger partial charge in [0, 0.05) is 31.0 Å². The standard InChI is InChI=1S/C32H42N4O5/c1-5-31-17-18-32(41-31)26(25(31)28(38)33-19-22-11-9-8-10-12-22)30(40)36(21(4)20-37)27(32)29(39)34-23-13-15-24(16-14-23)35(6-2)7-3/h8-16,21,25-27,37H,5-7,17-20H2,1-4H3,(H,33,38)(H,34,39)/t21-,25-,26+,27?,31+,32?/m1/s1. The lowest BCUT2D eigenvalue weighted by molar-refractivity contribution is -0.148. The van der Waals surface area contributed by atoms with Crippen molar-refractivity contribution in [3.05, 3.63) is 60.2 Å². The Morgan fingerprint density at radius 1 is 1.05 bits per heavy atom. The summed E-state index contributed by atoms with van der Waals surface area (Å²) in [5.74, 6) is -2.44. The van der Waals surface area contributed by atoms with E-state index in [9.17, 15) is 19.5 Å². The van der Waals surface area contributed by atoms with Crippen molar-refractivity contribution in [1.29, 1.82) is 0 Å². The van der Waals surface area contributed by atoms with Gasteiger partial charge in [-0.3, -0.25) is 14.4 Å². The SMILES string of the molecule is CCN(CC)c1ccc(NC(=O)C2N([C@H](C)CO)C(=O)[C@@H]3[C@H](C(=O)NCc4ccccc4)[C@]4(CC)CCC23O4)cc1. The van der Waals surface area contributed by atoms with E-state index in [-0.39, 0.29) is 24.3 Å². The van der Waals surface area contributed by atoms with Gasteiger partial charge in [0.1, 0.15) is 11.6 Å². The third-order valence-corrected chi connectivity index (χ3v) is 9.46. The van der Waals surface area contributed by atoms with Crippen molar-refractivity contribution in [2.45, 2.75) is 76.8 Å². The van der Waals surface area contributed by atoms with Crippen molar-refractivity contribution in [2.24, 2.45) is 11.8 Å². The Morgan fingerprint density at radius 2 is 1.73 bits per heavy atom. The molecule has 3 N–H and O–H groups in total. The third-order valence-electron chi connectivity index (χ3n) is 9.46. The first-order chi connectivity index (χ1) is 19.7. The predicted molar refractivity (Wildman–Crippen MR) is 157 cm³/mol. The van der Waals surface area contributed by atoms with E-state index in [1.54, 1.807) is 6.92 Å². The molecule has 2 aromatic carbocycles. The molecule has 3 saturated heterocycles. The molecule has 3 heterocycles. The minimum absolute atomic E-state index is 0.236. The van der Waals surface area contributed by atoms with E-state index in [4.69, 9.17) is 4.74 Å². The fourth-order valence-corrected chi connectivity index (χ4v) is 7.37. The number of anilines is 2. The van der Waals surface area contributed by atoms with E-state index < -0.39 is 35.1 Å². The lowest BCUT2D eigenvalue weighted by atomic mass is 9.65. The quantitative estimate of drug-likeness (QED) is 0.388. The van der Waals surface area contributed by atoms with Gasteiger partial charge in [-0.15, -0.1) is 0 Å². The van der Waals surface area contributed by atoms with E-state index in [0.29, 0.717) is 31.5 Å². The van der Waals surface area contributed by atoms with Gasteiger partial charge in [0.2, 0.25) is 17.7 Å². The van der Waals surface area contributed by atoms with Gasteiger partial charge in [0.25, 0.3) is 0 Å². The fraction of sp³-hybridized carbons (Fsp3) is 0.531. The molecule has 5 rings (SSSR count). The Morgan fingerprint density at radius 3 is 2.34 bits per heavy atom. The van der Waals surface area contributed by atoms with Gasteiger partial charge >= 0.3 is 0 Å². The fourth-order valence-electron chi connectivity index (χ4n) is 7.37. The summed E-state index contributed by atoms with van der Waals surface area (Å²) in [6.07, 6.45) is 1.63. The number of carbonyl (C=O) groups excluding carboxylic acids is 3. The maximum absolute atomic E-state index is 14.1. The average Bonchev–Trinajstić information content (AvgIpc) is 3.61. The molecule has 3 aliphatic rings. The smallest absolute Gasteiger partial charge is 0.250 e. The van der Waals surface area contributed by atoms with E-state index in [0.717, 1.165) is 24.3 Å². The van der Waals surface area contributed by atoms with Crippen molar-refractivity contribution in [1.82, 2.24) is 10.2 Å². The van der Waals surface area contributed by atoms with Crippen LogP contribution in [0.1, 0.15) is 52.5 Å². The zero-order valence-electron chi connectivity index (χ0n) is 24.4. The van der Waals surface area contributed by atoms with E-state index >= 15 is 0 Å². The number of aliphatic hydroxyl groups is 1. The minimum Gasteiger partial charge on any atom is -0.394 e. The number of benzene rings is 2. The molecule has 1 spiro atoms. The average molecular weight is 563 g/mol. The van der Waals surface area contributed by atoms with E-state index in [1.807, 2.05) is 61.5 Å². The number of likely N-dealkylation sites (tertiary alicyclic amines) is 1. The number of aliphatic hydroxyl groups excluding tert-OH is 1. The maximum Gasteiger partial charge on any atom is 0.250 e. The number of hydrogen-bond acceptors (Lipinski definition) is 6. The molecule has 0 saturated carbocycles. The number of hydrogen-bond donors (Lipinski definition) is 3.